The standard InChI is InChI=1S/C21H28N6O4/c1-14(2)10-25-13-19(28)27-7-6-24(5-4-18(27)21(25)30)20(29)17-8-16(31-23-17)12-26-11-15(3)9-22-26/h8-9,11,14,18H,4-7,10,12-13H2,1-3H3. The van der Waals surface area contributed by atoms with Crippen LogP contribution in [-0.2, 0) is 16.1 Å². The molecule has 2 aromatic heterocycles. The number of piperazine rings is 1. The summed E-state index contributed by atoms with van der Waals surface area (Å²) < 4.78 is 7.03. The molecule has 1 unspecified atom stereocenters. The molecule has 31 heavy (non-hydrogen) atoms. The highest BCUT2D eigenvalue weighted by atomic mass is 16.5. The molecule has 0 aliphatic carbocycles. The Kier molecular flexibility index (Phi) is 5.79. The number of amides is 3. The van der Waals surface area contributed by atoms with E-state index in [0.717, 1.165) is 5.56 Å². The Morgan fingerprint density at radius 1 is 1.26 bits per heavy atom. The van der Waals surface area contributed by atoms with E-state index in [1.807, 2.05) is 27.0 Å². The summed E-state index contributed by atoms with van der Waals surface area (Å²) in [4.78, 5) is 43.4. The summed E-state index contributed by atoms with van der Waals surface area (Å²) in [6, 6.07) is 1.12. The minimum absolute atomic E-state index is 0.0270. The minimum atomic E-state index is -0.506. The molecule has 166 valence electrons. The zero-order chi connectivity index (χ0) is 22.1. The third-order valence-corrected chi connectivity index (χ3v) is 5.63. The number of hydrogen-bond acceptors (Lipinski definition) is 6. The molecule has 1 atom stereocenters. The summed E-state index contributed by atoms with van der Waals surface area (Å²) in [6.45, 7) is 8.15. The van der Waals surface area contributed by atoms with Gasteiger partial charge in [-0.2, -0.15) is 5.10 Å². The minimum Gasteiger partial charge on any atom is -0.359 e. The summed E-state index contributed by atoms with van der Waals surface area (Å²) >= 11 is 0. The van der Waals surface area contributed by atoms with Gasteiger partial charge in [0.1, 0.15) is 12.6 Å². The van der Waals surface area contributed by atoms with Crippen LogP contribution in [0.4, 0.5) is 0 Å². The molecule has 0 saturated carbocycles. The fraction of sp³-hybridized carbons (Fsp3) is 0.571. The Morgan fingerprint density at radius 2 is 2.06 bits per heavy atom. The van der Waals surface area contributed by atoms with Crippen LogP contribution in [0.3, 0.4) is 0 Å². The number of fused-ring (bicyclic) bond motifs is 1. The number of aryl methyl sites for hydroxylation is 1. The van der Waals surface area contributed by atoms with Crippen molar-refractivity contribution >= 4 is 17.7 Å². The number of carbonyl (C=O) groups excluding carboxylic acids is 3. The zero-order valence-corrected chi connectivity index (χ0v) is 18.2. The lowest BCUT2D eigenvalue weighted by atomic mass is 10.1. The van der Waals surface area contributed by atoms with Crippen LogP contribution >= 0.6 is 0 Å². The number of hydrogen-bond donors (Lipinski definition) is 0. The Bertz CT molecular complexity index is 980. The molecule has 0 N–H and O–H groups in total. The zero-order valence-electron chi connectivity index (χ0n) is 18.2. The second kappa shape index (κ2) is 8.52. The highest BCUT2D eigenvalue weighted by molar-refractivity contribution is 5.95. The van der Waals surface area contributed by atoms with Crippen molar-refractivity contribution in [3.05, 3.63) is 35.5 Å². The number of rotatable bonds is 5. The van der Waals surface area contributed by atoms with Crippen LogP contribution in [0, 0.1) is 12.8 Å². The lowest BCUT2D eigenvalue weighted by Gasteiger charge is -2.39. The van der Waals surface area contributed by atoms with Gasteiger partial charge in [0, 0.05) is 38.4 Å². The van der Waals surface area contributed by atoms with Gasteiger partial charge in [-0.3, -0.25) is 19.1 Å². The first kappa shape index (κ1) is 21.1. The van der Waals surface area contributed by atoms with E-state index in [0.29, 0.717) is 50.8 Å². The lowest BCUT2D eigenvalue weighted by Crippen LogP contribution is -2.60. The maximum absolute atomic E-state index is 13.0. The molecule has 2 saturated heterocycles. The number of nitrogens with zero attached hydrogens (tertiary/aromatic N) is 6. The van der Waals surface area contributed by atoms with Crippen molar-refractivity contribution < 1.29 is 18.9 Å². The maximum Gasteiger partial charge on any atom is 0.276 e. The third-order valence-electron chi connectivity index (χ3n) is 5.63. The highest BCUT2D eigenvalue weighted by Crippen LogP contribution is 2.21. The van der Waals surface area contributed by atoms with Gasteiger partial charge in [-0.25, -0.2) is 0 Å². The quantitative estimate of drug-likeness (QED) is 0.697. The van der Waals surface area contributed by atoms with E-state index in [9.17, 15) is 14.4 Å². The van der Waals surface area contributed by atoms with Crippen molar-refractivity contribution in [1.29, 1.82) is 0 Å². The molecular formula is C21H28N6O4. The van der Waals surface area contributed by atoms with Crippen LogP contribution in [-0.4, -0.2) is 86.1 Å². The first-order valence-corrected chi connectivity index (χ1v) is 10.6. The molecule has 4 heterocycles. The monoisotopic (exact) mass is 428 g/mol. The van der Waals surface area contributed by atoms with Gasteiger partial charge in [0.25, 0.3) is 5.91 Å². The first-order valence-electron chi connectivity index (χ1n) is 10.6. The highest BCUT2D eigenvalue weighted by Gasteiger charge is 2.41. The molecular weight excluding hydrogens is 400 g/mol. The molecule has 0 bridgehead atoms. The van der Waals surface area contributed by atoms with E-state index < -0.39 is 6.04 Å². The molecule has 2 aliphatic rings. The van der Waals surface area contributed by atoms with Crippen LogP contribution < -0.4 is 0 Å². The van der Waals surface area contributed by atoms with Gasteiger partial charge in [-0.15, -0.1) is 0 Å². The fourth-order valence-electron chi connectivity index (χ4n) is 4.19. The number of carbonyl (C=O) groups is 3. The predicted molar refractivity (Wildman–Crippen MR) is 110 cm³/mol. The van der Waals surface area contributed by atoms with Crippen LogP contribution in [0.2, 0.25) is 0 Å². The van der Waals surface area contributed by atoms with Crippen LogP contribution in [0.1, 0.15) is 42.1 Å². The summed E-state index contributed by atoms with van der Waals surface area (Å²) in [5, 5.41) is 8.13. The van der Waals surface area contributed by atoms with Crippen LogP contribution in [0.25, 0.3) is 0 Å². The van der Waals surface area contributed by atoms with Crippen molar-refractivity contribution in [3.8, 4) is 0 Å². The molecule has 2 fully saturated rings. The second-order valence-corrected chi connectivity index (χ2v) is 8.69. The molecule has 2 aliphatic heterocycles. The van der Waals surface area contributed by atoms with Gasteiger partial charge >= 0.3 is 0 Å². The van der Waals surface area contributed by atoms with Crippen LogP contribution in [0.15, 0.2) is 23.0 Å². The number of aromatic nitrogens is 3. The average Bonchev–Trinajstić information content (AvgIpc) is 3.27. The van der Waals surface area contributed by atoms with Crippen molar-refractivity contribution in [1.82, 2.24) is 29.6 Å². The van der Waals surface area contributed by atoms with Gasteiger partial charge < -0.3 is 19.2 Å². The van der Waals surface area contributed by atoms with Gasteiger partial charge in [0.05, 0.1) is 12.7 Å². The Hall–Kier alpha value is -3.17. The van der Waals surface area contributed by atoms with Crippen LogP contribution in [0.5, 0.6) is 0 Å². The van der Waals surface area contributed by atoms with Crippen molar-refractivity contribution in [2.24, 2.45) is 5.92 Å². The van der Waals surface area contributed by atoms with Gasteiger partial charge in [0.2, 0.25) is 11.8 Å². The molecule has 0 radical (unpaired) electrons. The van der Waals surface area contributed by atoms with E-state index in [-0.39, 0.29) is 30.0 Å². The topological polar surface area (TPSA) is 105 Å². The lowest BCUT2D eigenvalue weighted by molar-refractivity contribution is -0.156. The molecule has 0 spiro atoms. The molecule has 0 aromatic carbocycles. The van der Waals surface area contributed by atoms with Gasteiger partial charge in [0.15, 0.2) is 11.5 Å². The Labute approximate surface area is 180 Å². The van der Waals surface area contributed by atoms with E-state index in [2.05, 4.69) is 10.3 Å². The van der Waals surface area contributed by atoms with E-state index >= 15 is 0 Å². The Balaban J connectivity index is 1.42. The predicted octanol–water partition coefficient (Wildman–Crippen LogP) is 0.769. The molecule has 3 amide bonds. The third kappa shape index (κ3) is 4.47. The fourth-order valence-corrected chi connectivity index (χ4v) is 4.19. The van der Waals surface area contributed by atoms with Crippen molar-refractivity contribution in [3.63, 3.8) is 0 Å². The summed E-state index contributed by atoms with van der Waals surface area (Å²) in [6.07, 6.45) is 4.05. The molecule has 4 rings (SSSR count). The average molecular weight is 428 g/mol. The molecule has 10 heteroatoms. The smallest absolute Gasteiger partial charge is 0.276 e. The SMILES string of the molecule is Cc1cnn(Cc2cc(C(=O)N3CCC4C(=O)N(CC(C)C)CC(=O)N4CC3)no2)c1. The molecule has 10 nitrogen and oxygen atoms in total. The van der Waals surface area contributed by atoms with Gasteiger partial charge in [-0.05, 0) is 24.8 Å². The summed E-state index contributed by atoms with van der Waals surface area (Å²) in [7, 11) is 0. The second-order valence-electron chi connectivity index (χ2n) is 8.69. The normalized spacial score (nSPS) is 19.7. The molecule has 2 aromatic rings. The van der Waals surface area contributed by atoms with Gasteiger partial charge in [-0.1, -0.05) is 19.0 Å². The Morgan fingerprint density at radius 3 is 2.77 bits per heavy atom. The summed E-state index contributed by atoms with van der Waals surface area (Å²) in [5.74, 6) is 0.483. The maximum atomic E-state index is 13.0. The van der Waals surface area contributed by atoms with Crippen molar-refractivity contribution in [2.75, 3.05) is 32.7 Å². The van der Waals surface area contributed by atoms with Crippen molar-refractivity contribution in [2.45, 2.75) is 39.8 Å². The van der Waals surface area contributed by atoms with E-state index in [1.165, 1.54) is 0 Å². The van der Waals surface area contributed by atoms with E-state index in [1.54, 1.807) is 31.6 Å². The summed E-state index contributed by atoms with van der Waals surface area (Å²) in [5.41, 5.74) is 1.26. The first-order chi connectivity index (χ1) is 14.8. The largest absolute Gasteiger partial charge is 0.359 e. The van der Waals surface area contributed by atoms with E-state index in [4.69, 9.17) is 4.52 Å².